The van der Waals surface area contributed by atoms with Crippen molar-refractivity contribution < 1.29 is 14.5 Å². The van der Waals surface area contributed by atoms with Gasteiger partial charge in [-0.1, -0.05) is 0 Å². The van der Waals surface area contributed by atoms with Crippen LogP contribution in [0.3, 0.4) is 0 Å². The first kappa shape index (κ1) is 19.5. The Balaban J connectivity index is 1.52. The van der Waals surface area contributed by atoms with Gasteiger partial charge in [0.05, 0.1) is 23.7 Å². The SMILES string of the molecule is O=C(c1cc([N+](=O)[O-])ccc1I)N1CCC(CCN2CCOCC2)CC1. The Morgan fingerprint density at radius 3 is 2.58 bits per heavy atom. The number of carbonyl (C=O) groups is 1. The van der Waals surface area contributed by atoms with Gasteiger partial charge in [-0.25, -0.2) is 0 Å². The van der Waals surface area contributed by atoms with Crippen LogP contribution in [0.4, 0.5) is 5.69 Å². The monoisotopic (exact) mass is 473 g/mol. The summed E-state index contributed by atoms with van der Waals surface area (Å²) in [5.74, 6) is 0.552. The molecule has 0 unspecified atom stereocenters. The first-order valence-electron chi connectivity index (χ1n) is 9.08. The zero-order chi connectivity index (χ0) is 18.5. The van der Waals surface area contributed by atoms with E-state index >= 15 is 0 Å². The highest BCUT2D eigenvalue weighted by Gasteiger charge is 2.26. The lowest BCUT2D eigenvalue weighted by atomic mass is 9.93. The van der Waals surface area contributed by atoms with Crippen molar-refractivity contribution in [3.8, 4) is 0 Å². The molecule has 1 aromatic rings. The first-order valence-corrected chi connectivity index (χ1v) is 10.2. The number of hydrogen-bond acceptors (Lipinski definition) is 5. The molecule has 1 amide bonds. The largest absolute Gasteiger partial charge is 0.379 e. The second-order valence-electron chi connectivity index (χ2n) is 6.90. The normalized spacial score (nSPS) is 19.5. The zero-order valence-corrected chi connectivity index (χ0v) is 16.9. The lowest BCUT2D eigenvalue weighted by Gasteiger charge is -2.34. The Labute approximate surface area is 167 Å². The Morgan fingerprint density at radius 2 is 1.92 bits per heavy atom. The lowest BCUT2D eigenvalue weighted by Crippen LogP contribution is -2.41. The van der Waals surface area contributed by atoms with Crippen LogP contribution < -0.4 is 0 Å². The van der Waals surface area contributed by atoms with Gasteiger partial charge in [-0.15, -0.1) is 0 Å². The molecule has 142 valence electrons. The van der Waals surface area contributed by atoms with Crippen LogP contribution >= 0.6 is 22.6 Å². The van der Waals surface area contributed by atoms with Gasteiger partial charge >= 0.3 is 0 Å². The number of halogens is 1. The number of carbonyl (C=O) groups excluding carboxylic acids is 1. The minimum absolute atomic E-state index is 0.0332. The van der Waals surface area contributed by atoms with E-state index in [0.717, 1.165) is 68.8 Å². The molecule has 0 aliphatic carbocycles. The van der Waals surface area contributed by atoms with E-state index < -0.39 is 4.92 Å². The molecule has 2 aliphatic rings. The number of nitro benzene ring substituents is 1. The summed E-state index contributed by atoms with van der Waals surface area (Å²) in [4.78, 5) is 27.6. The average Bonchev–Trinajstić information content (AvgIpc) is 2.67. The van der Waals surface area contributed by atoms with Gasteiger partial charge in [-0.3, -0.25) is 19.8 Å². The van der Waals surface area contributed by atoms with Gasteiger partial charge in [0.1, 0.15) is 0 Å². The van der Waals surface area contributed by atoms with Gasteiger partial charge in [0.2, 0.25) is 0 Å². The molecule has 2 fully saturated rings. The van der Waals surface area contributed by atoms with E-state index in [9.17, 15) is 14.9 Å². The predicted octanol–water partition coefficient (Wildman–Crippen LogP) is 2.77. The molecule has 0 bridgehead atoms. The zero-order valence-electron chi connectivity index (χ0n) is 14.7. The van der Waals surface area contributed by atoms with Crippen LogP contribution in [0, 0.1) is 19.6 Å². The second-order valence-corrected chi connectivity index (χ2v) is 8.06. The lowest BCUT2D eigenvalue weighted by molar-refractivity contribution is -0.384. The van der Waals surface area contributed by atoms with Crippen LogP contribution in [0.2, 0.25) is 0 Å². The fraction of sp³-hybridized carbons (Fsp3) is 0.611. The van der Waals surface area contributed by atoms with Crippen molar-refractivity contribution in [3.05, 3.63) is 37.4 Å². The number of hydrogen-bond donors (Lipinski definition) is 0. The second kappa shape index (κ2) is 9.09. The summed E-state index contributed by atoms with van der Waals surface area (Å²) in [6, 6.07) is 4.48. The number of non-ortho nitro benzene ring substituents is 1. The summed E-state index contributed by atoms with van der Waals surface area (Å²) in [7, 11) is 0. The molecule has 2 saturated heterocycles. The molecule has 0 radical (unpaired) electrons. The number of nitro groups is 1. The highest BCUT2D eigenvalue weighted by molar-refractivity contribution is 14.1. The van der Waals surface area contributed by atoms with Gasteiger partial charge in [0.15, 0.2) is 0 Å². The summed E-state index contributed by atoms with van der Waals surface area (Å²) in [6.07, 6.45) is 3.17. The molecule has 7 nitrogen and oxygen atoms in total. The Bertz CT molecular complexity index is 656. The summed E-state index contributed by atoms with van der Waals surface area (Å²) in [5.41, 5.74) is 0.403. The van der Waals surface area contributed by atoms with Gasteiger partial charge in [0, 0.05) is 41.9 Å². The van der Waals surface area contributed by atoms with Gasteiger partial charge < -0.3 is 9.64 Å². The van der Waals surface area contributed by atoms with Crippen molar-refractivity contribution in [3.63, 3.8) is 0 Å². The first-order chi connectivity index (χ1) is 12.5. The van der Waals surface area contributed by atoms with E-state index in [1.54, 1.807) is 6.07 Å². The van der Waals surface area contributed by atoms with Crippen molar-refractivity contribution in [1.82, 2.24) is 9.80 Å². The Kier molecular flexibility index (Phi) is 6.82. The Morgan fingerprint density at radius 1 is 1.23 bits per heavy atom. The quantitative estimate of drug-likeness (QED) is 0.374. The molecular formula is C18H24IN3O4. The fourth-order valence-corrected chi connectivity index (χ4v) is 4.14. The third kappa shape index (κ3) is 4.92. The van der Waals surface area contributed by atoms with E-state index in [1.807, 2.05) is 4.90 Å². The molecule has 0 N–H and O–H groups in total. The number of rotatable bonds is 5. The number of amides is 1. The maximum Gasteiger partial charge on any atom is 0.270 e. The third-order valence-corrected chi connectivity index (χ3v) is 6.19. The molecule has 8 heteroatoms. The summed E-state index contributed by atoms with van der Waals surface area (Å²) < 4.78 is 6.14. The minimum Gasteiger partial charge on any atom is -0.379 e. The molecule has 2 heterocycles. The molecule has 1 aromatic carbocycles. The van der Waals surface area contributed by atoms with Gasteiger partial charge in [-0.2, -0.15) is 0 Å². The molecule has 0 spiro atoms. The van der Waals surface area contributed by atoms with E-state index in [1.165, 1.54) is 12.1 Å². The maximum atomic E-state index is 12.8. The van der Waals surface area contributed by atoms with E-state index in [0.29, 0.717) is 11.5 Å². The van der Waals surface area contributed by atoms with Crippen LogP contribution in [0.5, 0.6) is 0 Å². The Hall–Kier alpha value is -1.26. The standard InChI is InChI=1S/C18H24IN3O4/c19-17-2-1-15(22(24)25)13-16(17)18(23)21-7-4-14(5-8-21)3-6-20-9-11-26-12-10-20/h1-2,13-14H,3-12H2. The van der Waals surface area contributed by atoms with E-state index in [2.05, 4.69) is 27.5 Å². The van der Waals surface area contributed by atoms with Gasteiger partial charge in [0.25, 0.3) is 11.6 Å². The van der Waals surface area contributed by atoms with Crippen LogP contribution in [-0.4, -0.2) is 66.6 Å². The smallest absolute Gasteiger partial charge is 0.270 e. The van der Waals surface area contributed by atoms with Crippen LogP contribution in [-0.2, 0) is 4.74 Å². The van der Waals surface area contributed by atoms with E-state index in [-0.39, 0.29) is 11.6 Å². The maximum absolute atomic E-state index is 12.8. The van der Waals surface area contributed by atoms with Crippen molar-refractivity contribution >= 4 is 34.2 Å². The highest BCUT2D eigenvalue weighted by atomic mass is 127. The van der Waals surface area contributed by atoms with Crippen molar-refractivity contribution in [1.29, 1.82) is 0 Å². The van der Waals surface area contributed by atoms with Crippen LogP contribution in [0.15, 0.2) is 18.2 Å². The fourth-order valence-electron chi connectivity index (χ4n) is 3.58. The van der Waals surface area contributed by atoms with Crippen molar-refractivity contribution in [2.24, 2.45) is 5.92 Å². The third-order valence-electron chi connectivity index (χ3n) is 5.25. The van der Waals surface area contributed by atoms with Crippen LogP contribution in [0.1, 0.15) is 29.6 Å². The number of ether oxygens (including phenoxy) is 1. The number of morpholine rings is 1. The molecule has 0 saturated carbocycles. The topological polar surface area (TPSA) is 75.9 Å². The predicted molar refractivity (Wildman–Crippen MR) is 106 cm³/mol. The number of piperidine rings is 1. The van der Waals surface area contributed by atoms with Gasteiger partial charge in [-0.05, 0) is 60.4 Å². The molecule has 0 atom stereocenters. The average molecular weight is 473 g/mol. The molecular weight excluding hydrogens is 449 g/mol. The molecule has 3 rings (SSSR count). The highest BCUT2D eigenvalue weighted by Crippen LogP contribution is 2.25. The number of likely N-dealkylation sites (tertiary alicyclic amines) is 1. The number of nitrogens with zero attached hydrogens (tertiary/aromatic N) is 3. The molecule has 0 aromatic heterocycles. The minimum atomic E-state index is -0.454. The molecule has 26 heavy (non-hydrogen) atoms. The summed E-state index contributed by atoms with van der Waals surface area (Å²) >= 11 is 2.07. The molecule has 2 aliphatic heterocycles. The number of benzene rings is 1. The van der Waals surface area contributed by atoms with Crippen LogP contribution in [0.25, 0.3) is 0 Å². The van der Waals surface area contributed by atoms with Crippen molar-refractivity contribution in [2.75, 3.05) is 45.9 Å². The van der Waals surface area contributed by atoms with E-state index in [4.69, 9.17) is 4.74 Å². The summed E-state index contributed by atoms with van der Waals surface area (Å²) in [5, 5.41) is 11.0. The summed E-state index contributed by atoms with van der Waals surface area (Å²) in [6.45, 7) is 6.25. The van der Waals surface area contributed by atoms with Crippen molar-refractivity contribution in [2.45, 2.75) is 19.3 Å².